The number of nitrogens with one attached hydrogen (secondary N) is 2. The van der Waals surface area contributed by atoms with Crippen molar-refractivity contribution in [3.63, 3.8) is 0 Å². The number of benzene rings is 1. The molecule has 2 aromatic rings. The molecule has 0 radical (unpaired) electrons. The van der Waals surface area contributed by atoms with E-state index in [1.807, 2.05) is 6.92 Å². The summed E-state index contributed by atoms with van der Waals surface area (Å²) in [5.74, 6) is -0.334. The number of carbonyl (C=O) groups is 1. The van der Waals surface area contributed by atoms with E-state index in [0.29, 0.717) is 17.4 Å². The number of carbonyl (C=O) groups excluding carboxylic acids is 1. The molecule has 1 amide bonds. The summed E-state index contributed by atoms with van der Waals surface area (Å²) in [5, 5.41) is 19.6. The zero-order valence-corrected chi connectivity index (χ0v) is 14.0. The minimum absolute atomic E-state index is 0.0998. The Bertz CT molecular complexity index is 800. The average molecular weight is 351 g/mol. The van der Waals surface area contributed by atoms with E-state index < -0.39 is 10.2 Å². The molecule has 0 aliphatic heterocycles. The summed E-state index contributed by atoms with van der Waals surface area (Å²) >= 11 is 1.14. The number of non-ortho nitro benzene ring substituents is 1. The second-order valence-corrected chi connectivity index (χ2v) is 6.33. The highest BCUT2D eigenvalue weighted by Gasteiger charge is 2.19. The van der Waals surface area contributed by atoms with E-state index in [1.54, 1.807) is 13.0 Å². The molecule has 1 aromatic heterocycles. The van der Waals surface area contributed by atoms with Crippen molar-refractivity contribution < 1.29 is 9.72 Å². The number of anilines is 1. The number of aromatic nitrogens is 3. The van der Waals surface area contributed by atoms with Crippen LogP contribution < -0.4 is 11.0 Å². The minimum atomic E-state index is -0.532. The van der Waals surface area contributed by atoms with Crippen molar-refractivity contribution in [3.05, 3.63) is 44.9 Å². The molecule has 0 spiro atoms. The molecular formula is C14H17N5O4S. The summed E-state index contributed by atoms with van der Waals surface area (Å²) in [6.45, 7) is 4.12. The maximum atomic E-state index is 12.2. The van der Waals surface area contributed by atoms with Crippen LogP contribution in [0, 0.1) is 10.1 Å². The Morgan fingerprint density at radius 2 is 2.29 bits per heavy atom. The number of hydrogen-bond donors (Lipinski definition) is 2. The van der Waals surface area contributed by atoms with Crippen molar-refractivity contribution in [2.45, 2.75) is 37.2 Å². The predicted octanol–water partition coefficient (Wildman–Crippen LogP) is 2.01. The molecule has 0 aliphatic rings. The molecule has 1 aromatic carbocycles. The van der Waals surface area contributed by atoms with Crippen molar-refractivity contribution in [2.75, 3.05) is 5.32 Å². The maximum absolute atomic E-state index is 12.2. The van der Waals surface area contributed by atoms with E-state index >= 15 is 0 Å². The van der Waals surface area contributed by atoms with Crippen molar-refractivity contribution in [3.8, 4) is 0 Å². The summed E-state index contributed by atoms with van der Waals surface area (Å²) in [6.07, 6.45) is 0.765. The molecule has 0 fully saturated rings. The van der Waals surface area contributed by atoms with Crippen LogP contribution in [0.4, 0.5) is 11.4 Å². The van der Waals surface area contributed by atoms with Crippen LogP contribution in [-0.2, 0) is 11.3 Å². The van der Waals surface area contributed by atoms with Crippen LogP contribution in [-0.4, -0.2) is 30.8 Å². The lowest BCUT2D eigenvalue weighted by Gasteiger charge is -2.11. The third kappa shape index (κ3) is 4.22. The Morgan fingerprint density at radius 1 is 1.54 bits per heavy atom. The fraction of sp³-hybridized carbons (Fsp3) is 0.357. The molecular weight excluding hydrogens is 334 g/mol. The largest absolute Gasteiger partial charge is 0.343 e. The lowest BCUT2D eigenvalue weighted by atomic mass is 10.2. The van der Waals surface area contributed by atoms with Gasteiger partial charge in [0.2, 0.25) is 5.91 Å². The highest BCUT2D eigenvalue weighted by molar-refractivity contribution is 8.00. The fourth-order valence-electron chi connectivity index (χ4n) is 1.97. The van der Waals surface area contributed by atoms with Gasteiger partial charge in [0.05, 0.1) is 10.2 Å². The summed E-state index contributed by atoms with van der Waals surface area (Å²) < 4.78 is 1.47. The average Bonchev–Trinajstić information content (AvgIpc) is 2.88. The second-order valence-electron chi connectivity index (χ2n) is 5.02. The third-order valence-corrected chi connectivity index (χ3v) is 4.24. The highest BCUT2D eigenvalue weighted by atomic mass is 32.2. The molecule has 2 rings (SSSR count). The van der Waals surface area contributed by atoms with Crippen LogP contribution in [0.2, 0.25) is 0 Å². The molecule has 9 nitrogen and oxygen atoms in total. The van der Waals surface area contributed by atoms with Gasteiger partial charge in [-0.1, -0.05) is 24.8 Å². The Kier molecular flexibility index (Phi) is 5.74. The number of H-pyrrole nitrogens is 1. The first kappa shape index (κ1) is 17.7. The molecule has 0 unspecified atom stereocenters. The van der Waals surface area contributed by atoms with E-state index in [9.17, 15) is 19.7 Å². The molecule has 0 saturated carbocycles. The third-order valence-electron chi connectivity index (χ3n) is 3.15. The van der Waals surface area contributed by atoms with E-state index in [2.05, 4.69) is 15.5 Å². The molecule has 0 bridgehead atoms. The van der Waals surface area contributed by atoms with Gasteiger partial charge in [0.1, 0.15) is 0 Å². The van der Waals surface area contributed by atoms with Crippen molar-refractivity contribution in [2.24, 2.45) is 0 Å². The Hall–Kier alpha value is -2.62. The lowest BCUT2D eigenvalue weighted by molar-refractivity contribution is -0.384. The SMILES string of the molecule is CCCn1c(S[C@@H](C)C(=O)Nc2cccc([N+](=O)[O-])c2)n[nH]c1=O. The first-order valence-corrected chi connectivity index (χ1v) is 8.17. The maximum Gasteiger partial charge on any atom is 0.343 e. The van der Waals surface area contributed by atoms with Gasteiger partial charge < -0.3 is 5.32 Å². The molecule has 10 heteroatoms. The summed E-state index contributed by atoms with van der Waals surface area (Å²) in [5.41, 5.74) is -0.0718. The normalized spacial score (nSPS) is 11.9. The van der Waals surface area contributed by atoms with Gasteiger partial charge in [-0.3, -0.25) is 19.5 Å². The van der Waals surface area contributed by atoms with Gasteiger partial charge in [0, 0.05) is 24.4 Å². The van der Waals surface area contributed by atoms with Crippen LogP contribution in [0.15, 0.2) is 34.2 Å². The van der Waals surface area contributed by atoms with E-state index in [-0.39, 0.29) is 17.3 Å². The smallest absolute Gasteiger partial charge is 0.325 e. The van der Waals surface area contributed by atoms with Gasteiger partial charge in [-0.25, -0.2) is 9.89 Å². The number of hydrogen-bond acceptors (Lipinski definition) is 6. The zero-order valence-electron chi connectivity index (χ0n) is 13.2. The van der Waals surface area contributed by atoms with Gasteiger partial charge in [0.25, 0.3) is 5.69 Å². The van der Waals surface area contributed by atoms with E-state index in [0.717, 1.165) is 18.2 Å². The molecule has 1 atom stereocenters. The quantitative estimate of drug-likeness (QED) is 0.447. The number of rotatable bonds is 7. The number of thioether (sulfide) groups is 1. The molecule has 1 heterocycles. The molecule has 24 heavy (non-hydrogen) atoms. The van der Waals surface area contributed by atoms with Crippen LogP contribution in [0.1, 0.15) is 20.3 Å². The van der Waals surface area contributed by atoms with Crippen LogP contribution in [0.3, 0.4) is 0 Å². The van der Waals surface area contributed by atoms with Crippen LogP contribution in [0.5, 0.6) is 0 Å². The molecule has 0 saturated heterocycles. The van der Waals surface area contributed by atoms with Gasteiger partial charge in [-0.2, -0.15) is 0 Å². The number of nitrogens with zero attached hydrogens (tertiary/aromatic N) is 3. The minimum Gasteiger partial charge on any atom is -0.325 e. The fourth-order valence-corrected chi connectivity index (χ4v) is 2.85. The molecule has 128 valence electrons. The van der Waals surface area contributed by atoms with Gasteiger partial charge in [-0.05, 0) is 19.4 Å². The van der Waals surface area contributed by atoms with Crippen molar-refractivity contribution >= 4 is 29.0 Å². The van der Waals surface area contributed by atoms with Crippen LogP contribution in [0.25, 0.3) is 0 Å². The van der Waals surface area contributed by atoms with E-state index in [1.165, 1.54) is 22.8 Å². The summed E-state index contributed by atoms with van der Waals surface area (Å²) in [6, 6.07) is 5.71. The summed E-state index contributed by atoms with van der Waals surface area (Å²) in [4.78, 5) is 34.1. The standard InChI is InChI=1S/C14H17N5O4S/c1-3-7-18-13(21)16-17-14(18)24-9(2)12(20)15-10-5-4-6-11(8-10)19(22)23/h4-6,8-9H,3,7H2,1-2H3,(H,15,20)(H,16,21)/t9-/m0/s1. The van der Waals surface area contributed by atoms with Crippen LogP contribution >= 0.6 is 11.8 Å². The molecule has 2 N–H and O–H groups in total. The topological polar surface area (TPSA) is 123 Å². The Morgan fingerprint density at radius 3 is 2.96 bits per heavy atom. The second kappa shape index (κ2) is 7.77. The number of nitro benzene ring substituents is 1. The highest BCUT2D eigenvalue weighted by Crippen LogP contribution is 2.22. The predicted molar refractivity (Wildman–Crippen MR) is 90.2 cm³/mol. The van der Waals surface area contributed by atoms with Gasteiger partial charge in [0.15, 0.2) is 5.16 Å². The van der Waals surface area contributed by atoms with E-state index in [4.69, 9.17) is 0 Å². The Balaban J connectivity index is 2.06. The lowest BCUT2D eigenvalue weighted by Crippen LogP contribution is -2.24. The van der Waals surface area contributed by atoms with Crippen molar-refractivity contribution in [1.82, 2.24) is 14.8 Å². The summed E-state index contributed by atoms with van der Waals surface area (Å²) in [7, 11) is 0. The molecule has 0 aliphatic carbocycles. The number of amides is 1. The zero-order chi connectivity index (χ0) is 17.7. The number of aromatic amines is 1. The first-order chi connectivity index (χ1) is 11.4. The monoisotopic (exact) mass is 351 g/mol. The van der Waals surface area contributed by atoms with Gasteiger partial charge in [-0.15, -0.1) is 5.10 Å². The van der Waals surface area contributed by atoms with Gasteiger partial charge >= 0.3 is 5.69 Å². The number of nitro groups is 1. The Labute approximate surface area is 141 Å². The first-order valence-electron chi connectivity index (χ1n) is 7.29. The van der Waals surface area contributed by atoms with Crippen molar-refractivity contribution in [1.29, 1.82) is 0 Å².